The Bertz CT molecular complexity index is 1150. The molecule has 0 aromatic heterocycles. The Kier molecular flexibility index (Phi) is 7.17. The van der Waals surface area contributed by atoms with E-state index >= 15 is 0 Å². The SMILES string of the molecule is CC(=O)Nc1cccc(NC(=O)CN(Cc2ccccc2)S(=O)(=O)c2ccccc2)c1. The van der Waals surface area contributed by atoms with Gasteiger partial charge in [0.05, 0.1) is 11.4 Å². The van der Waals surface area contributed by atoms with Gasteiger partial charge in [0.25, 0.3) is 0 Å². The molecule has 0 atom stereocenters. The van der Waals surface area contributed by atoms with Crippen molar-refractivity contribution in [1.82, 2.24) is 4.31 Å². The van der Waals surface area contributed by atoms with E-state index in [4.69, 9.17) is 0 Å². The van der Waals surface area contributed by atoms with Crippen molar-refractivity contribution in [3.63, 3.8) is 0 Å². The van der Waals surface area contributed by atoms with Crippen LogP contribution >= 0.6 is 0 Å². The average Bonchev–Trinajstić information content (AvgIpc) is 2.74. The molecule has 160 valence electrons. The minimum Gasteiger partial charge on any atom is -0.326 e. The van der Waals surface area contributed by atoms with E-state index in [1.165, 1.54) is 19.1 Å². The van der Waals surface area contributed by atoms with Crippen LogP contribution in [0.3, 0.4) is 0 Å². The maximum atomic E-state index is 13.2. The lowest BCUT2D eigenvalue weighted by molar-refractivity contribution is -0.116. The molecule has 0 aliphatic rings. The quantitative estimate of drug-likeness (QED) is 0.564. The molecule has 0 aliphatic heterocycles. The van der Waals surface area contributed by atoms with Crippen LogP contribution in [0, 0.1) is 0 Å². The van der Waals surface area contributed by atoms with E-state index in [2.05, 4.69) is 10.6 Å². The fraction of sp³-hybridized carbons (Fsp3) is 0.130. The highest BCUT2D eigenvalue weighted by molar-refractivity contribution is 7.89. The van der Waals surface area contributed by atoms with Gasteiger partial charge in [0.2, 0.25) is 21.8 Å². The topological polar surface area (TPSA) is 95.6 Å². The third-order valence-electron chi connectivity index (χ3n) is 4.37. The van der Waals surface area contributed by atoms with Crippen molar-refractivity contribution in [2.24, 2.45) is 0 Å². The number of benzene rings is 3. The number of nitrogens with zero attached hydrogens (tertiary/aromatic N) is 1. The molecule has 3 aromatic carbocycles. The monoisotopic (exact) mass is 437 g/mol. The van der Waals surface area contributed by atoms with Gasteiger partial charge in [0, 0.05) is 24.8 Å². The molecular formula is C23H23N3O4S. The molecule has 0 radical (unpaired) electrons. The van der Waals surface area contributed by atoms with Crippen molar-refractivity contribution in [3.8, 4) is 0 Å². The van der Waals surface area contributed by atoms with Crippen LogP contribution in [0.25, 0.3) is 0 Å². The van der Waals surface area contributed by atoms with Gasteiger partial charge >= 0.3 is 0 Å². The zero-order valence-electron chi connectivity index (χ0n) is 17.0. The van der Waals surface area contributed by atoms with Crippen molar-refractivity contribution >= 4 is 33.2 Å². The van der Waals surface area contributed by atoms with Gasteiger partial charge in [-0.05, 0) is 35.9 Å². The summed E-state index contributed by atoms with van der Waals surface area (Å²) in [6.45, 7) is 1.08. The molecule has 0 unspecified atom stereocenters. The summed E-state index contributed by atoms with van der Waals surface area (Å²) < 4.78 is 27.5. The number of hydrogen-bond acceptors (Lipinski definition) is 4. The fourth-order valence-electron chi connectivity index (χ4n) is 2.99. The largest absolute Gasteiger partial charge is 0.326 e. The van der Waals surface area contributed by atoms with Gasteiger partial charge in [-0.25, -0.2) is 8.42 Å². The Morgan fingerprint density at radius 2 is 1.39 bits per heavy atom. The van der Waals surface area contributed by atoms with E-state index in [0.717, 1.165) is 9.87 Å². The van der Waals surface area contributed by atoms with Gasteiger partial charge in [-0.3, -0.25) is 9.59 Å². The van der Waals surface area contributed by atoms with Crippen LogP contribution in [0.1, 0.15) is 12.5 Å². The molecule has 0 heterocycles. The summed E-state index contributed by atoms with van der Waals surface area (Å²) in [5, 5.41) is 5.34. The van der Waals surface area contributed by atoms with Crippen molar-refractivity contribution in [2.75, 3.05) is 17.2 Å². The number of anilines is 2. The first-order valence-electron chi connectivity index (χ1n) is 9.61. The van der Waals surface area contributed by atoms with Crippen LogP contribution in [-0.4, -0.2) is 31.1 Å². The molecule has 0 fully saturated rings. The van der Waals surface area contributed by atoms with E-state index < -0.39 is 15.9 Å². The number of amides is 2. The molecule has 0 aliphatic carbocycles. The Balaban J connectivity index is 1.81. The fourth-order valence-corrected chi connectivity index (χ4v) is 4.40. The van der Waals surface area contributed by atoms with Crippen molar-refractivity contribution in [3.05, 3.63) is 90.5 Å². The number of carbonyl (C=O) groups excluding carboxylic acids is 2. The van der Waals surface area contributed by atoms with Crippen molar-refractivity contribution in [1.29, 1.82) is 0 Å². The van der Waals surface area contributed by atoms with Crippen LogP contribution in [0.2, 0.25) is 0 Å². The minimum absolute atomic E-state index is 0.0530. The Hall–Kier alpha value is -3.49. The Morgan fingerprint density at radius 1 is 0.806 bits per heavy atom. The first-order chi connectivity index (χ1) is 14.8. The summed E-state index contributed by atoms with van der Waals surface area (Å²) in [6.07, 6.45) is 0. The van der Waals surface area contributed by atoms with Crippen LogP contribution in [-0.2, 0) is 26.2 Å². The molecule has 2 N–H and O–H groups in total. The molecule has 0 spiro atoms. The van der Waals surface area contributed by atoms with Gasteiger partial charge < -0.3 is 10.6 Å². The van der Waals surface area contributed by atoms with Gasteiger partial charge in [-0.15, -0.1) is 0 Å². The second kappa shape index (κ2) is 10.0. The number of rotatable bonds is 8. The maximum Gasteiger partial charge on any atom is 0.243 e. The van der Waals surface area contributed by atoms with Crippen LogP contribution < -0.4 is 10.6 Å². The third kappa shape index (κ3) is 6.24. The molecular weight excluding hydrogens is 414 g/mol. The summed E-state index contributed by atoms with van der Waals surface area (Å²) in [5.74, 6) is -0.720. The summed E-state index contributed by atoms with van der Waals surface area (Å²) in [6, 6.07) is 23.7. The molecule has 0 bridgehead atoms. The van der Waals surface area contributed by atoms with E-state index in [0.29, 0.717) is 11.4 Å². The van der Waals surface area contributed by atoms with E-state index in [9.17, 15) is 18.0 Å². The summed E-state index contributed by atoms with van der Waals surface area (Å²) >= 11 is 0. The van der Waals surface area contributed by atoms with Crippen LogP contribution in [0.4, 0.5) is 11.4 Å². The highest BCUT2D eigenvalue weighted by Crippen LogP contribution is 2.19. The molecule has 7 nitrogen and oxygen atoms in total. The first-order valence-corrected chi connectivity index (χ1v) is 11.1. The first kappa shape index (κ1) is 22.2. The molecule has 0 saturated heterocycles. The lowest BCUT2D eigenvalue weighted by Gasteiger charge is -2.22. The lowest BCUT2D eigenvalue weighted by Crippen LogP contribution is -2.37. The average molecular weight is 438 g/mol. The second-order valence-electron chi connectivity index (χ2n) is 6.88. The van der Waals surface area contributed by atoms with Gasteiger partial charge in [-0.1, -0.05) is 54.6 Å². The standard InChI is InChI=1S/C23H23N3O4S/c1-18(27)24-20-11-8-12-21(15-20)25-23(28)17-26(16-19-9-4-2-5-10-19)31(29,30)22-13-6-3-7-14-22/h2-15H,16-17H2,1H3,(H,24,27)(H,25,28). The summed E-state index contributed by atoms with van der Waals surface area (Å²) in [7, 11) is -3.90. The van der Waals surface area contributed by atoms with Crippen LogP contribution in [0.15, 0.2) is 89.8 Å². The lowest BCUT2D eigenvalue weighted by atomic mass is 10.2. The van der Waals surface area contributed by atoms with E-state index in [1.54, 1.807) is 42.5 Å². The van der Waals surface area contributed by atoms with Gasteiger partial charge in [0.15, 0.2) is 0 Å². The van der Waals surface area contributed by atoms with Gasteiger partial charge in [0.1, 0.15) is 0 Å². The normalized spacial score (nSPS) is 11.2. The summed E-state index contributed by atoms with van der Waals surface area (Å²) in [4.78, 5) is 24.1. The number of nitrogens with one attached hydrogen (secondary N) is 2. The predicted octanol–water partition coefficient (Wildman–Crippen LogP) is 3.47. The van der Waals surface area contributed by atoms with Crippen LogP contribution in [0.5, 0.6) is 0 Å². The third-order valence-corrected chi connectivity index (χ3v) is 6.18. The molecule has 0 saturated carbocycles. The zero-order valence-corrected chi connectivity index (χ0v) is 17.8. The number of carbonyl (C=O) groups is 2. The molecule has 31 heavy (non-hydrogen) atoms. The van der Waals surface area contributed by atoms with E-state index in [1.807, 2.05) is 30.3 Å². The van der Waals surface area contributed by atoms with E-state index in [-0.39, 0.29) is 23.9 Å². The maximum absolute atomic E-state index is 13.2. The van der Waals surface area contributed by atoms with Crippen molar-refractivity contribution < 1.29 is 18.0 Å². The smallest absolute Gasteiger partial charge is 0.243 e. The molecule has 3 rings (SSSR count). The zero-order chi connectivity index (χ0) is 22.3. The van der Waals surface area contributed by atoms with Crippen molar-refractivity contribution in [2.45, 2.75) is 18.4 Å². The number of sulfonamides is 1. The molecule has 8 heteroatoms. The Morgan fingerprint density at radius 3 is 2.00 bits per heavy atom. The minimum atomic E-state index is -3.90. The number of hydrogen-bond donors (Lipinski definition) is 2. The molecule has 2 amide bonds. The molecule has 3 aromatic rings. The Labute approximate surface area is 181 Å². The van der Waals surface area contributed by atoms with Gasteiger partial charge in [-0.2, -0.15) is 4.31 Å². The second-order valence-corrected chi connectivity index (χ2v) is 8.82. The summed E-state index contributed by atoms with van der Waals surface area (Å²) in [5.41, 5.74) is 1.75. The highest BCUT2D eigenvalue weighted by atomic mass is 32.2. The predicted molar refractivity (Wildman–Crippen MR) is 120 cm³/mol. The highest BCUT2D eigenvalue weighted by Gasteiger charge is 2.26.